The molecule has 0 amide bonds. The highest BCUT2D eigenvalue weighted by molar-refractivity contribution is 7.85. The summed E-state index contributed by atoms with van der Waals surface area (Å²) in [7, 11) is -2.93. The van der Waals surface area contributed by atoms with Crippen molar-refractivity contribution in [2.24, 2.45) is 20.5 Å². The molecule has 0 saturated carbocycles. The third-order valence-corrected chi connectivity index (χ3v) is 6.98. The van der Waals surface area contributed by atoms with Crippen molar-refractivity contribution in [3.63, 3.8) is 0 Å². The number of nitrogens with two attached hydrogens (primary N) is 1. The SMILES string of the molecule is COc1cc(N=Nc2ccc(N=Nc3ccccc3C)c3ccc(S(=O)(=O)O)cc23)c2ccccc2c1N. The molecule has 5 aromatic rings. The Morgan fingerprint density at radius 3 is 1.95 bits per heavy atom. The molecule has 0 aromatic heterocycles. The van der Waals surface area contributed by atoms with Gasteiger partial charge in [-0.05, 0) is 42.8 Å². The number of hydrogen-bond acceptors (Lipinski definition) is 8. The van der Waals surface area contributed by atoms with E-state index >= 15 is 0 Å². The Morgan fingerprint density at radius 1 is 0.684 bits per heavy atom. The number of aryl methyl sites for hydroxylation is 1. The van der Waals surface area contributed by atoms with Gasteiger partial charge in [0, 0.05) is 27.6 Å². The number of azo groups is 2. The summed E-state index contributed by atoms with van der Waals surface area (Å²) in [5, 5.41) is 20.2. The lowest BCUT2D eigenvalue weighted by molar-refractivity contribution is 0.417. The molecule has 0 saturated heterocycles. The van der Waals surface area contributed by atoms with Gasteiger partial charge in [-0.15, -0.1) is 15.3 Å². The van der Waals surface area contributed by atoms with Gasteiger partial charge in [-0.3, -0.25) is 4.55 Å². The molecule has 0 aliphatic carbocycles. The number of hydrogen-bond donors (Lipinski definition) is 2. The Bertz CT molecular complexity index is 1870. The van der Waals surface area contributed by atoms with Crippen LogP contribution in [0.4, 0.5) is 28.4 Å². The van der Waals surface area contributed by atoms with E-state index in [9.17, 15) is 13.0 Å². The van der Waals surface area contributed by atoms with Crippen molar-refractivity contribution in [2.45, 2.75) is 11.8 Å². The topological polar surface area (TPSA) is 139 Å². The van der Waals surface area contributed by atoms with Gasteiger partial charge >= 0.3 is 0 Å². The zero-order valence-corrected chi connectivity index (χ0v) is 21.3. The van der Waals surface area contributed by atoms with Gasteiger partial charge in [-0.1, -0.05) is 48.5 Å². The van der Waals surface area contributed by atoms with Crippen LogP contribution >= 0.6 is 0 Å². The summed E-state index contributed by atoms with van der Waals surface area (Å²) in [5.74, 6) is 0.461. The molecule has 10 heteroatoms. The van der Waals surface area contributed by atoms with Crippen LogP contribution in [0.25, 0.3) is 21.5 Å². The Balaban J connectivity index is 1.66. The minimum Gasteiger partial charge on any atom is -0.494 e. The molecule has 0 fully saturated rings. The molecule has 0 aliphatic rings. The van der Waals surface area contributed by atoms with E-state index in [2.05, 4.69) is 20.5 Å². The minimum absolute atomic E-state index is 0.269. The third kappa shape index (κ3) is 4.82. The first-order valence-corrected chi connectivity index (χ1v) is 13.0. The summed E-state index contributed by atoms with van der Waals surface area (Å²) in [5.41, 5.74) is 9.81. The maximum absolute atomic E-state index is 11.9. The second kappa shape index (κ2) is 10.0. The van der Waals surface area contributed by atoms with Gasteiger partial charge in [-0.25, -0.2) is 0 Å². The summed E-state index contributed by atoms with van der Waals surface area (Å²) in [6.07, 6.45) is 0. The maximum atomic E-state index is 11.9. The van der Waals surface area contributed by atoms with E-state index in [0.717, 1.165) is 16.3 Å². The van der Waals surface area contributed by atoms with E-state index in [4.69, 9.17) is 10.5 Å². The molecule has 5 rings (SSSR count). The first-order valence-electron chi connectivity index (χ1n) is 11.5. The molecule has 3 N–H and O–H groups in total. The lowest BCUT2D eigenvalue weighted by Crippen LogP contribution is -1.97. The molecule has 0 atom stereocenters. The summed E-state index contributed by atoms with van der Waals surface area (Å²) in [4.78, 5) is -0.269. The van der Waals surface area contributed by atoms with Gasteiger partial charge in [0.05, 0.1) is 40.4 Å². The van der Waals surface area contributed by atoms with Crippen LogP contribution in [0.3, 0.4) is 0 Å². The van der Waals surface area contributed by atoms with Crippen LogP contribution in [0.1, 0.15) is 5.56 Å². The van der Waals surface area contributed by atoms with Crippen molar-refractivity contribution in [1.82, 2.24) is 0 Å². The largest absolute Gasteiger partial charge is 0.494 e. The van der Waals surface area contributed by atoms with E-state index in [0.29, 0.717) is 45.0 Å². The number of methoxy groups -OCH3 is 1. The fraction of sp³-hybridized carbons (Fsp3) is 0.0714. The summed E-state index contributed by atoms with van der Waals surface area (Å²) < 4.78 is 38.8. The van der Waals surface area contributed by atoms with Crippen molar-refractivity contribution in [2.75, 3.05) is 12.8 Å². The molecule has 38 heavy (non-hydrogen) atoms. The van der Waals surface area contributed by atoms with Gasteiger partial charge in [-0.2, -0.15) is 13.5 Å². The Hall–Kier alpha value is -4.67. The predicted molar refractivity (Wildman–Crippen MR) is 148 cm³/mol. The van der Waals surface area contributed by atoms with Gasteiger partial charge in [0.15, 0.2) is 0 Å². The molecule has 0 spiro atoms. The first-order chi connectivity index (χ1) is 18.3. The van der Waals surface area contributed by atoms with Crippen LogP contribution in [0.2, 0.25) is 0 Å². The highest BCUT2D eigenvalue weighted by Crippen LogP contribution is 2.40. The second-order valence-corrected chi connectivity index (χ2v) is 9.95. The predicted octanol–water partition coefficient (Wildman–Crippen LogP) is 7.97. The summed E-state index contributed by atoms with van der Waals surface area (Å²) in [6.45, 7) is 1.93. The number of ether oxygens (including phenoxy) is 1. The number of nitrogens with zero attached hydrogens (tertiary/aromatic N) is 4. The number of fused-ring (bicyclic) bond motifs is 2. The highest BCUT2D eigenvalue weighted by atomic mass is 32.2. The van der Waals surface area contributed by atoms with Crippen molar-refractivity contribution < 1.29 is 17.7 Å². The van der Waals surface area contributed by atoms with Crippen LogP contribution in [-0.4, -0.2) is 20.1 Å². The quantitative estimate of drug-likeness (QED) is 0.131. The van der Waals surface area contributed by atoms with Gasteiger partial charge < -0.3 is 10.5 Å². The number of rotatable bonds is 6. The molecule has 5 aromatic carbocycles. The van der Waals surface area contributed by atoms with Crippen molar-refractivity contribution in [3.05, 3.63) is 90.5 Å². The van der Waals surface area contributed by atoms with E-state index < -0.39 is 10.1 Å². The monoisotopic (exact) mass is 525 g/mol. The molecular formula is C28H23N5O4S. The standard InChI is InChI=1S/C28H23N5O4S/c1-17-7-3-6-10-23(17)30-31-24-13-14-25(22-15-18(38(34,35)36)11-12-20(22)24)32-33-26-16-27(37-2)28(29)21-9-5-4-8-19(21)26/h3-16H,29H2,1-2H3,(H,34,35,36). The zero-order chi connectivity index (χ0) is 26.9. The first kappa shape index (κ1) is 25.0. The van der Waals surface area contributed by atoms with Crippen molar-refractivity contribution in [3.8, 4) is 5.75 Å². The fourth-order valence-corrected chi connectivity index (χ4v) is 4.63. The van der Waals surface area contributed by atoms with Crippen LogP contribution in [0.15, 0.2) is 110 Å². The number of anilines is 1. The lowest BCUT2D eigenvalue weighted by atomic mass is 10.1. The van der Waals surface area contributed by atoms with Gasteiger partial charge in [0.1, 0.15) is 5.75 Å². The van der Waals surface area contributed by atoms with Gasteiger partial charge in [0.2, 0.25) is 0 Å². The zero-order valence-electron chi connectivity index (χ0n) is 20.5. The molecule has 0 bridgehead atoms. The Kier molecular flexibility index (Phi) is 6.58. The Labute approximate surface area is 219 Å². The van der Waals surface area contributed by atoms with Gasteiger partial charge in [0.25, 0.3) is 10.1 Å². The van der Waals surface area contributed by atoms with Crippen molar-refractivity contribution >= 4 is 60.1 Å². The molecule has 190 valence electrons. The molecule has 0 unspecified atom stereocenters. The average Bonchev–Trinajstić information content (AvgIpc) is 2.92. The minimum atomic E-state index is -4.45. The van der Waals surface area contributed by atoms with E-state index in [1.807, 2.05) is 55.5 Å². The molecule has 9 nitrogen and oxygen atoms in total. The fourth-order valence-electron chi connectivity index (χ4n) is 4.13. The normalized spacial score (nSPS) is 12.2. The summed E-state index contributed by atoms with van der Waals surface area (Å²) >= 11 is 0. The molecular weight excluding hydrogens is 502 g/mol. The number of benzene rings is 5. The molecule has 0 heterocycles. The van der Waals surface area contributed by atoms with Crippen LogP contribution < -0.4 is 10.5 Å². The second-order valence-electron chi connectivity index (χ2n) is 8.53. The van der Waals surface area contributed by atoms with Crippen LogP contribution in [0, 0.1) is 6.92 Å². The van der Waals surface area contributed by atoms with E-state index in [1.54, 1.807) is 24.3 Å². The van der Waals surface area contributed by atoms with Crippen molar-refractivity contribution in [1.29, 1.82) is 0 Å². The third-order valence-electron chi connectivity index (χ3n) is 6.13. The van der Waals surface area contributed by atoms with E-state index in [-0.39, 0.29) is 4.90 Å². The average molecular weight is 526 g/mol. The molecule has 0 aliphatic heterocycles. The summed E-state index contributed by atoms with van der Waals surface area (Å²) in [6, 6.07) is 24.4. The lowest BCUT2D eigenvalue weighted by Gasteiger charge is -2.10. The van der Waals surface area contributed by atoms with E-state index in [1.165, 1.54) is 19.2 Å². The maximum Gasteiger partial charge on any atom is 0.294 e. The highest BCUT2D eigenvalue weighted by Gasteiger charge is 2.15. The smallest absolute Gasteiger partial charge is 0.294 e. The van der Waals surface area contributed by atoms with Crippen LogP contribution in [-0.2, 0) is 10.1 Å². The van der Waals surface area contributed by atoms with Crippen LogP contribution in [0.5, 0.6) is 5.75 Å². The number of nitrogen functional groups attached to an aromatic ring is 1. The Morgan fingerprint density at radius 2 is 1.26 bits per heavy atom. The molecule has 0 radical (unpaired) electrons.